The minimum atomic E-state index is -1.17. The molecule has 1 aromatic carbocycles. The van der Waals surface area contributed by atoms with Gasteiger partial charge in [-0.1, -0.05) is 77.7 Å². The SMILES string of the molecule is CCCCCCCCCCCc1ccc(C(=O)O)c(C(=O)O)c1CCCC. The Labute approximate surface area is 164 Å². The van der Waals surface area contributed by atoms with Gasteiger partial charge in [0, 0.05) is 0 Å². The summed E-state index contributed by atoms with van der Waals surface area (Å²) in [6.07, 6.45) is 14.5. The van der Waals surface area contributed by atoms with Gasteiger partial charge in [0.1, 0.15) is 0 Å². The first-order valence-electron chi connectivity index (χ1n) is 10.6. The Bertz CT molecular complexity index is 592. The van der Waals surface area contributed by atoms with Crippen molar-refractivity contribution >= 4 is 11.9 Å². The lowest BCUT2D eigenvalue weighted by Gasteiger charge is -2.15. The maximum absolute atomic E-state index is 11.7. The minimum Gasteiger partial charge on any atom is -0.478 e. The van der Waals surface area contributed by atoms with Crippen LogP contribution in [0.25, 0.3) is 0 Å². The van der Waals surface area contributed by atoms with Gasteiger partial charge in [-0.05, 0) is 42.9 Å². The Morgan fingerprint density at radius 2 is 1.26 bits per heavy atom. The molecule has 4 nitrogen and oxygen atoms in total. The lowest BCUT2D eigenvalue weighted by Crippen LogP contribution is -2.14. The maximum atomic E-state index is 11.7. The van der Waals surface area contributed by atoms with Gasteiger partial charge in [-0.2, -0.15) is 0 Å². The summed E-state index contributed by atoms with van der Waals surface area (Å²) in [7, 11) is 0. The molecular formula is C23H36O4. The molecular weight excluding hydrogens is 340 g/mol. The van der Waals surface area contributed by atoms with Crippen LogP contribution in [0, 0.1) is 0 Å². The average Bonchev–Trinajstić information content (AvgIpc) is 2.64. The van der Waals surface area contributed by atoms with E-state index in [9.17, 15) is 19.8 Å². The molecule has 0 saturated heterocycles. The average molecular weight is 377 g/mol. The van der Waals surface area contributed by atoms with Crippen molar-refractivity contribution in [3.63, 3.8) is 0 Å². The molecule has 2 N–H and O–H groups in total. The van der Waals surface area contributed by atoms with Crippen LogP contribution in [-0.2, 0) is 12.8 Å². The normalized spacial score (nSPS) is 10.9. The first-order chi connectivity index (χ1) is 13.0. The largest absolute Gasteiger partial charge is 0.478 e. The summed E-state index contributed by atoms with van der Waals surface area (Å²) in [6.45, 7) is 4.29. The number of aryl methyl sites for hydroxylation is 1. The molecule has 0 amide bonds. The number of aromatic carboxylic acids is 2. The van der Waals surface area contributed by atoms with E-state index in [1.54, 1.807) is 0 Å². The first kappa shape index (κ1) is 23.2. The number of benzene rings is 1. The first-order valence-corrected chi connectivity index (χ1v) is 10.6. The van der Waals surface area contributed by atoms with Crippen LogP contribution in [0.3, 0.4) is 0 Å². The van der Waals surface area contributed by atoms with Crippen molar-refractivity contribution in [1.82, 2.24) is 0 Å². The van der Waals surface area contributed by atoms with Gasteiger partial charge in [0.2, 0.25) is 0 Å². The summed E-state index contributed by atoms with van der Waals surface area (Å²) < 4.78 is 0. The van der Waals surface area contributed by atoms with Crippen LogP contribution in [0.4, 0.5) is 0 Å². The van der Waals surface area contributed by atoms with Gasteiger partial charge in [-0.3, -0.25) is 0 Å². The monoisotopic (exact) mass is 376 g/mol. The topological polar surface area (TPSA) is 74.6 Å². The summed E-state index contributed by atoms with van der Waals surface area (Å²) in [6, 6.07) is 3.29. The molecule has 0 bridgehead atoms. The fraction of sp³-hybridized carbons (Fsp3) is 0.652. The molecule has 0 aliphatic carbocycles. The molecule has 0 atom stereocenters. The van der Waals surface area contributed by atoms with Gasteiger partial charge in [0.25, 0.3) is 0 Å². The zero-order valence-electron chi connectivity index (χ0n) is 17.1. The van der Waals surface area contributed by atoms with E-state index in [0.717, 1.165) is 43.2 Å². The molecule has 4 heteroatoms. The van der Waals surface area contributed by atoms with Crippen LogP contribution in [0.5, 0.6) is 0 Å². The van der Waals surface area contributed by atoms with Crippen LogP contribution >= 0.6 is 0 Å². The zero-order valence-corrected chi connectivity index (χ0v) is 17.1. The van der Waals surface area contributed by atoms with E-state index in [-0.39, 0.29) is 11.1 Å². The molecule has 1 rings (SSSR count). The molecule has 0 spiro atoms. The zero-order chi connectivity index (χ0) is 20.1. The van der Waals surface area contributed by atoms with Crippen LogP contribution in [0.2, 0.25) is 0 Å². The van der Waals surface area contributed by atoms with Crippen LogP contribution in [0.15, 0.2) is 12.1 Å². The van der Waals surface area contributed by atoms with Crippen molar-refractivity contribution in [1.29, 1.82) is 0 Å². The second-order valence-electron chi connectivity index (χ2n) is 7.42. The fourth-order valence-corrected chi connectivity index (χ4v) is 3.61. The van der Waals surface area contributed by atoms with Gasteiger partial charge >= 0.3 is 11.9 Å². The van der Waals surface area contributed by atoms with E-state index in [4.69, 9.17) is 0 Å². The van der Waals surface area contributed by atoms with Gasteiger partial charge < -0.3 is 10.2 Å². The van der Waals surface area contributed by atoms with E-state index in [1.165, 1.54) is 51.0 Å². The fourth-order valence-electron chi connectivity index (χ4n) is 3.61. The highest BCUT2D eigenvalue weighted by Crippen LogP contribution is 2.24. The number of carbonyl (C=O) groups is 2. The van der Waals surface area contributed by atoms with Crippen molar-refractivity contribution < 1.29 is 19.8 Å². The Balaban J connectivity index is 2.67. The number of carboxylic acids is 2. The smallest absolute Gasteiger partial charge is 0.336 e. The van der Waals surface area contributed by atoms with Crippen LogP contribution < -0.4 is 0 Å². The molecule has 0 aliphatic heterocycles. The van der Waals surface area contributed by atoms with E-state index >= 15 is 0 Å². The second kappa shape index (κ2) is 13.3. The molecule has 0 fully saturated rings. The third-order valence-electron chi connectivity index (χ3n) is 5.18. The van der Waals surface area contributed by atoms with Crippen molar-refractivity contribution in [2.24, 2.45) is 0 Å². The third kappa shape index (κ3) is 8.15. The Kier molecular flexibility index (Phi) is 11.5. The molecule has 1 aromatic rings. The molecule has 0 radical (unpaired) electrons. The number of carboxylic acid groups (broad SMARTS) is 2. The second-order valence-corrected chi connectivity index (χ2v) is 7.42. The maximum Gasteiger partial charge on any atom is 0.336 e. The van der Waals surface area contributed by atoms with E-state index in [0.29, 0.717) is 6.42 Å². The summed E-state index contributed by atoms with van der Waals surface area (Å²) in [5, 5.41) is 18.9. The van der Waals surface area contributed by atoms with Gasteiger partial charge in [0.05, 0.1) is 11.1 Å². The van der Waals surface area contributed by atoms with Crippen molar-refractivity contribution in [3.05, 3.63) is 34.4 Å². The van der Waals surface area contributed by atoms with Crippen molar-refractivity contribution in [2.75, 3.05) is 0 Å². The molecule has 0 aliphatic rings. The molecule has 152 valence electrons. The van der Waals surface area contributed by atoms with Crippen molar-refractivity contribution in [3.8, 4) is 0 Å². The van der Waals surface area contributed by atoms with E-state index < -0.39 is 11.9 Å². The van der Waals surface area contributed by atoms with Crippen LogP contribution in [-0.4, -0.2) is 22.2 Å². The molecule has 0 heterocycles. The highest BCUT2D eigenvalue weighted by atomic mass is 16.4. The summed E-state index contributed by atoms with van der Waals surface area (Å²) in [4.78, 5) is 23.1. The lowest BCUT2D eigenvalue weighted by molar-refractivity contribution is 0.0650. The summed E-state index contributed by atoms with van der Waals surface area (Å²) in [5.41, 5.74) is 1.63. The minimum absolute atomic E-state index is 0.00984. The van der Waals surface area contributed by atoms with Gasteiger partial charge in [-0.25, -0.2) is 9.59 Å². The van der Waals surface area contributed by atoms with Gasteiger partial charge in [0.15, 0.2) is 0 Å². The van der Waals surface area contributed by atoms with Crippen molar-refractivity contribution in [2.45, 2.75) is 97.3 Å². The van der Waals surface area contributed by atoms with Gasteiger partial charge in [-0.15, -0.1) is 0 Å². The van der Waals surface area contributed by atoms with Crippen LogP contribution in [0.1, 0.15) is 116 Å². The quantitative estimate of drug-likeness (QED) is 0.343. The Morgan fingerprint density at radius 1 is 0.704 bits per heavy atom. The Morgan fingerprint density at radius 3 is 1.78 bits per heavy atom. The predicted octanol–water partition coefficient (Wildman–Crippen LogP) is 6.50. The summed E-state index contributed by atoms with van der Waals surface area (Å²) >= 11 is 0. The third-order valence-corrected chi connectivity index (χ3v) is 5.18. The van der Waals surface area contributed by atoms with E-state index in [1.807, 2.05) is 6.07 Å². The number of hydrogen-bond donors (Lipinski definition) is 2. The highest BCUT2D eigenvalue weighted by Gasteiger charge is 2.22. The van der Waals surface area contributed by atoms with E-state index in [2.05, 4.69) is 13.8 Å². The Hall–Kier alpha value is -1.84. The molecule has 0 unspecified atom stereocenters. The predicted molar refractivity (Wildman–Crippen MR) is 110 cm³/mol. The lowest BCUT2D eigenvalue weighted by atomic mass is 9.89. The molecule has 0 saturated carbocycles. The highest BCUT2D eigenvalue weighted by molar-refractivity contribution is 6.03. The number of hydrogen-bond acceptors (Lipinski definition) is 2. The summed E-state index contributed by atoms with van der Waals surface area (Å²) in [5.74, 6) is -2.30. The molecule has 27 heavy (non-hydrogen) atoms. The standard InChI is InChI=1S/C23H36O4/c1-3-5-7-8-9-10-11-12-13-14-18-16-17-20(22(24)25)21(23(26)27)19(18)15-6-4-2/h16-17H,3-15H2,1-2H3,(H,24,25)(H,26,27). The molecule has 0 aromatic heterocycles. The number of unbranched alkanes of at least 4 members (excludes halogenated alkanes) is 9. The number of rotatable bonds is 15.